The van der Waals surface area contributed by atoms with Crippen molar-refractivity contribution in [2.75, 3.05) is 0 Å². The summed E-state index contributed by atoms with van der Waals surface area (Å²) >= 11 is 3.27. The topological polar surface area (TPSA) is 67.8 Å². The van der Waals surface area contributed by atoms with E-state index in [0.29, 0.717) is 12.1 Å². The van der Waals surface area contributed by atoms with Crippen LogP contribution in [-0.4, -0.2) is 20.9 Å². The lowest BCUT2D eigenvalue weighted by molar-refractivity contribution is 0.0950. The van der Waals surface area contributed by atoms with Crippen LogP contribution in [0, 0.1) is 6.92 Å². The zero-order valence-corrected chi connectivity index (χ0v) is 11.3. The fraction of sp³-hybridized carbons (Fsp3) is 0.167. The van der Waals surface area contributed by atoms with E-state index in [1.807, 2.05) is 13.0 Å². The lowest BCUT2D eigenvalue weighted by Gasteiger charge is -2.05. The van der Waals surface area contributed by atoms with Gasteiger partial charge in [0.05, 0.1) is 17.8 Å². The number of nitrogens with one attached hydrogen (secondary N) is 1. The van der Waals surface area contributed by atoms with Gasteiger partial charge in [0, 0.05) is 22.6 Å². The molecule has 0 unspecified atom stereocenters. The van der Waals surface area contributed by atoms with Gasteiger partial charge in [0.2, 0.25) is 0 Å². The summed E-state index contributed by atoms with van der Waals surface area (Å²) in [6.45, 7) is 2.25. The molecule has 18 heavy (non-hydrogen) atoms. The highest BCUT2D eigenvalue weighted by Gasteiger charge is 2.06. The second-order valence-corrected chi connectivity index (χ2v) is 4.64. The molecule has 0 radical (unpaired) electrons. The fourth-order valence-corrected chi connectivity index (χ4v) is 1.78. The van der Waals surface area contributed by atoms with Crippen LogP contribution in [0.5, 0.6) is 0 Å². The Kier molecular flexibility index (Phi) is 3.99. The third-order valence-electron chi connectivity index (χ3n) is 2.26. The molecule has 6 heteroatoms. The number of aromatic nitrogens is 3. The summed E-state index contributed by atoms with van der Waals surface area (Å²) in [5.74, 6) is -0.180. The highest BCUT2D eigenvalue weighted by molar-refractivity contribution is 9.10. The van der Waals surface area contributed by atoms with Gasteiger partial charge in [0.15, 0.2) is 0 Å². The molecule has 0 aromatic carbocycles. The first-order valence-electron chi connectivity index (χ1n) is 5.31. The quantitative estimate of drug-likeness (QED) is 0.940. The number of hydrogen-bond acceptors (Lipinski definition) is 4. The van der Waals surface area contributed by atoms with E-state index in [2.05, 4.69) is 36.2 Å². The Morgan fingerprint density at radius 3 is 2.89 bits per heavy atom. The van der Waals surface area contributed by atoms with Crippen molar-refractivity contribution in [2.24, 2.45) is 0 Å². The molecule has 0 aliphatic heterocycles. The number of carbonyl (C=O) groups is 1. The van der Waals surface area contributed by atoms with Crippen LogP contribution in [0.3, 0.4) is 0 Å². The van der Waals surface area contributed by atoms with Gasteiger partial charge < -0.3 is 5.32 Å². The summed E-state index contributed by atoms with van der Waals surface area (Å²) in [6.07, 6.45) is 4.63. The zero-order chi connectivity index (χ0) is 13.0. The third kappa shape index (κ3) is 3.33. The summed E-state index contributed by atoms with van der Waals surface area (Å²) < 4.78 is 0.771. The van der Waals surface area contributed by atoms with Crippen molar-refractivity contribution in [3.63, 3.8) is 0 Å². The van der Waals surface area contributed by atoms with Crippen molar-refractivity contribution in [1.82, 2.24) is 20.3 Å². The first-order chi connectivity index (χ1) is 8.65. The smallest absolute Gasteiger partial charge is 0.253 e. The summed E-state index contributed by atoms with van der Waals surface area (Å²) in [5, 5.41) is 2.78. The van der Waals surface area contributed by atoms with Crippen LogP contribution >= 0.6 is 15.9 Å². The largest absolute Gasteiger partial charge is 0.346 e. The summed E-state index contributed by atoms with van der Waals surface area (Å²) in [6, 6.07) is 3.55. The molecule has 0 aliphatic carbocycles. The van der Waals surface area contributed by atoms with E-state index in [9.17, 15) is 4.79 Å². The molecular formula is C12H11BrN4O. The Morgan fingerprint density at radius 1 is 1.33 bits per heavy atom. The normalized spacial score (nSPS) is 10.1. The highest BCUT2D eigenvalue weighted by Crippen LogP contribution is 2.09. The van der Waals surface area contributed by atoms with Gasteiger partial charge in [-0.25, -0.2) is 9.97 Å². The summed E-state index contributed by atoms with van der Waals surface area (Å²) in [5.41, 5.74) is 2.16. The van der Waals surface area contributed by atoms with E-state index in [0.717, 1.165) is 15.9 Å². The zero-order valence-electron chi connectivity index (χ0n) is 9.72. The molecule has 0 spiro atoms. The van der Waals surface area contributed by atoms with Crippen molar-refractivity contribution in [3.8, 4) is 0 Å². The van der Waals surface area contributed by atoms with Gasteiger partial charge in [-0.15, -0.1) is 0 Å². The van der Waals surface area contributed by atoms with E-state index < -0.39 is 0 Å². The van der Waals surface area contributed by atoms with E-state index >= 15 is 0 Å². The number of amides is 1. The van der Waals surface area contributed by atoms with E-state index in [1.165, 1.54) is 12.5 Å². The molecule has 1 N–H and O–H groups in total. The Bertz CT molecular complexity index is 574. The third-order valence-corrected chi connectivity index (χ3v) is 2.69. The summed E-state index contributed by atoms with van der Waals surface area (Å²) in [7, 11) is 0. The number of hydrogen-bond donors (Lipinski definition) is 1. The predicted molar refractivity (Wildman–Crippen MR) is 69.9 cm³/mol. The average molecular weight is 307 g/mol. The Balaban J connectivity index is 2.00. The second-order valence-electron chi connectivity index (χ2n) is 3.73. The molecule has 2 rings (SSSR count). The molecule has 0 atom stereocenters. The van der Waals surface area contributed by atoms with Crippen molar-refractivity contribution in [3.05, 3.63) is 52.3 Å². The van der Waals surface area contributed by atoms with Crippen molar-refractivity contribution >= 4 is 21.8 Å². The van der Waals surface area contributed by atoms with Gasteiger partial charge in [-0.2, -0.15) is 0 Å². The monoisotopic (exact) mass is 306 g/mol. The maximum atomic E-state index is 11.8. The molecule has 0 bridgehead atoms. The van der Waals surface area contributed by atoms with Crippen molar-refractivity contribution < 1.29 is 4.79 Å². The van der Waals surface area contributed by atoms with Crippen molar-refractivity contribution in [1.29, 1.82) is 0 Å². The standard InChI is InChI=1S/C12H11BrN4O/c1-8-2-11(17-7-16-8)6-15-12(18)9-3-10(13)5-14-4-9/h2-5,7H,6H2,1H3,(H,15,18). The highest BCUT2D eigenvalue weighted by atomic mass is 79.9. The number of aryl methyl sites for hydroxylation is 1. The van der Waals surface area contributed by atoms with E-state index in [4.69, 9.17) is 0 Å². The lowest BCUT2D eigenvalue weighted by atomic mass is 10.2. The first-order valence-corrected chi connectivity index (χ1v) is 6.11. The minimum Gasteiger partial charge on any atom is -0.346 e. The maximum Gasteiger partial charge on any atom is 0.253 e. The first kappa shape index (κ1) is 12.6. The van der Waals surface area contributed by atoms with Gasteiger partial charge in [0.1, 0.15) is 6.33 Å². The molecular weight excluding hydrogens is 296 g/mol. The lowest BCUT2D eigenvalue weighted by Crippen LogP contribution is -2.23. The van der Waals surface area contributed by atoms with Gasteiger partial charge in [0.25, 0.3) is 5.91 Å². The minimum atomic E-state index is -0.180. The molecule has 5 nitrogen and oxygen atoms in total. The van der Waals surface area contributed by atoms with Gasteiger partial charge >= 0.3 is 0 Å². The van der Waals surface area contributed by atoms with Gasteiger partial charge in [-0.1, -0.05) is 0 Å². The number of halogens is 1. The molecule has 0 fully saturated rings. The van der Waals surface area contributed by atoms with Crippen LogP contribution < -0.4 is 5.32 Å². The molecule has 2 heterocycles. The minimum absolute atomic E-state index is 0.180. The Morgan fingerprint density at radius 2 is 2.17 bits per heavy atom. The number of pyridine rings is 1. The molecule has 92 valence electrons. The molecule has 2 aromatic heterocycles. The van der Waals surface area contributed by atoms with Crippen LogP contribution in [0.1, 0.15) is 21.7 Å². The summed E-state index contributed by atoms with van der Waals surface area (Å²) in [4.78, 5) is 23.8. The maximum absolute atomic E-state index is 11.8. The van der Waals surface area contributed by atoms with Gasteiger partial charge in [-0.05, 0) is 35.0 Å². The van der Waals surface area contributed by atoms with Crippen LogP contribution in [-0.2, 0) is 6.54 Å². The molecule has 0 aliphatic rings. The molecule has 0 saturated heterocycles. The Labute approximate surface area is 113 Å². The van der Waals surface area contributed by atoms with Gasteiger partial charge in [-0.3, -0.25) is 9.78 Å². The van der Waals surface area contributed by atoms with E-state index in [1.54, 1.807) is 12.3 Å². The second kappa shape index (κ2) is 5.68. The van der Waals surface area contributed by atoms with Crippen LogP contribution in [0.25, 0.3) is 0 Å². The molecule has 2 aromatic rings. The molecule has 0 saturated carbocycles. The predicted octanol–water partition coefficient (Wildman–Crippen LogP) is 1.87. The number of nitrogens with zero attached hydrogens (tertiary/aromatic N) is 3. The fourth-order valence-electron chi connectivity index (χ4n) is 1.42. The number of carbonyl (C=O) groups excluding carboxylic acids is 1. The van der Waals surface area contributed by atoms with Crippen LogP contribution in [0.4, 0.5) is 0 Å². The van der Waals surface area contributed by atoms with Crippen molar-refractivity contribution in [2.45, 2.75) is 13.5 Å². The van der Waals surface area contributed by atoms with Crippen LogP contribution in [0.15, 0.2) is 35.3 Å². The Hall–Kier alpha value is -1.82. The van der Waals surface area contributed by atoms with E-state index in [-0.39, 0.29) is 5.91 Å². The average Bonchev–Trinajstić information content (AvgIpc) is 2.36. The molecule has 1 amide bonds. The SMILES string of the molecule is Cc1cc(CNC(=O)c2cncc(Br)c2)ncn1. The van der Waals surface area contributed by atoms with Crippen LogP contribution in [0.2, 0.25) is 0 Å². The number of rotatable bonds is 3.